The monoisotopic (exact) mass is 286 g/mol. The van der Waals surface area contributed by atoms with Crippen LogP contribution < -0.4 is 5.32 Å². The summed E-state index contributed by atoms with van der Waals surface area (Å²) in [7, 11) is 0. The Morgan fingerprint density at radius 1 is 1.60 bits per heavy atom. The zero-order valence-electron chi connectivity index (χ0n) is 8.43. The van der Waals surface area contributed by atoms with Crippen molar-refractivity contribution in [3.05, 3.63) is 33.3 Å². The summed E-state index contributed by atoms with van der Waals surface area (Å²) in [5.41, 5.74) is 1.10. The van der Waals surface area contributed by atoms with E-state index in [1.165, 1.54) is 0 Å². The van der Waals surface area contributed by atoms with Crippen LogP contribution in [0.25, 0.3) is 0 Å². The second-order valence-corrected chi connectivity index (χ2v) is 4.69. The summed E-state index contributed by atoms with van der Waals surface area (Å²) in [4.78, 5) is 0. The Balaban J connectivity index is 2.51. The topological polar surface area (TPSA) is 35.8 Å². The summed E-state index contributed by atoms with van der Waals surface area (Å²) in [5.74, 6) is 0.0305. The fourth-order valence-corrected chi connectivity index (χ4v) is 1.73. The third-order valence-corrected chi connectivity index (χ3v) is 3.00. The van der Waals surface area contributed by atoms with Gasteiger partial charge in [0.05, 0.1) is 12.0 Å². The molecule has 0 fully saturated rings. The van der Waals surface area contributed by atoms with E-state index in [9.17, 15) is 0 Å². The van der Waals surface area contributed by atoms with Crippen molar-refractivity contribution in [2.75, 3.05) is 6.54 Å². The van der Waals surface area contributed by atoms with Crippen LogP contribution >= 0.6 is 27.5 Å². The van der Waals surface area contributed by atoms with Crippen LogP contribution in [0.1, 0.15) is 12.5 Å². The summed E-state index contributed by atoms with van der Waals surface area (Å²) in [6.45, 7) is 3.29. The Kier molecular flexibility index (Phi) is 5.10. The van der Waals surface area contributed by atoms with Crippen LogP contribution in [0.4, 0.5) is 0 Å². The maximum Gasteiger partial charge on any atom is 0.0666 e. The standard InChI is InChI=1S/C11H12BrClN2/c1-8(5-14)6-15-7-9-4-10(13)2-3-11(9)12/h2-4,8,15H,6-7H2,1H3. The lowest BCUT2D eigenvalue weighted by Crippen LogP contribution is -2.19. The van der Waals surface area contributed by atoms with Crippen LogP contribution in [-0.2, 0) is 6.54 Å². The van der Waals surface area contributed by atoms with Gasteiger partial charge in [-0.2, -0.15) is 5.26 Å². The van der Waals surface area contributed by atoms with Crippen molar-refractivity contribution >= 4 is 27.5 Å². The second kappa shape index (κ2) is 6.12. The number of nitrogens with zero attached hydrogens (tertiary/aromatic N) is 1. The molecule has 2 nitrogen and oxygen atoms in total. The molecule has 1 unspecified atom stereocenters. The van der Waals surface area contributed by atoms with E-state index < -0.39 is 0 Å². The van der Waals surface area contributed by atoms with E-state index in [0.29, 0.717) is 13.1 Å². The molecular weight excluding hydrogens is 275 g/mol. The third-order valence-electron chi connectivity index (χ3n) is 1.99. The van der Waals surface area contributed by atoms with Gasteiger partial charge in [0, 0.05) is 22.6 Å². The number of nitriles is 1. The molecule has 1 aromatic carbocycles. The van der Waals surface area contributed by atoms with Gasteiger partial charge in [0.15, 0.2) is 0 Å². The van der Waals surface area contributed by atoms with E-state index >= 15 is 0 Å². The summed E-state index contributed by atoms with van der Waals surface area (Å²) in [6, 6.07) is 7.85. The normalized spacial score (nSPS) is 12.1. The molecule has 1 aromatic rings. The van der Waals surface area contributed by atoms with Crippen LogP contribution in [0, 0.1) is 17.2 Å². The van der Waals surface area contributed by atoms with Gasteiger partial charge in [-0.25, -0.2) is 0 Å². The van der Waals surface area contributed by atoms with Crippen LogP contribution in [0.5, 0.6) is 0 Å². The third kappa shape index (κ3) is 4.21. The highest BCUT2D eigenvalue weighted by molar-refractivity contribution is 9.10. The van der Waals surface area contributed by atoms with Crippen molar-refractivity contribution < 1.29 is 0 Å². The maximum absolute atomic E-state index is 8.61. The first kappa shape index (κ1) is 12.5. The lowest BCUT2D eigenvalue weighted by Gasteiger charge is -2.08. The molecule has 80 valence electrons. The molecule has 15 heavy (non-hydrogen) atoms. The molecule has 1 rings (SSSR count). The predicted octanol–water partition coefficient (Wildman–Crippen LogP) is 3.35. The first-order chi connectivity index (χ1) is 7.13. The molecule has 0 saturated carbocycles. The number of nitrogens with one attached hydrogen (secondary N) is 1. The van der Waals surface area contributed by atoms with E-state index in [4.69, 9.17) is 16.9 Å². The molecular formula is C11H12BrClN2. The predicted molar refractivity (Wildman–Crippen MR) is 65.6 cm³/mol. The van der Waals surface area contributed by atoms with Crippen molar-refractivity contribution in [3.8, 4) is 6.07 Å². The molecule has 0 radical (unpaired) electrons. The molecule has 0 aliphatic rings. The Labute approximate surface area is 103 Å². The Morgan fingerprint density at radius 2 is 2.33 bits per heavy atom. The van der Waals surface area contributed by atoms with E-state index in [-0.39, 0.29) is 5.92 Å². The first-order valence-electron chi connectivity index (χ1n) is 4.67. The summed E-state index contributed by atoms with van der Waals surface area (Å²) >= 11 is 9.34. The molecule has 0 aromatic heterocycles. The van der Waals surface area contributed by atoms with Crippen molar-refractivity contribution in [3.63, 3.8) is 0 Å². The van der Waals surface area contributed by atoms with Gasteiger partial charge in [0.25, 0.3) is 0 Å². The van der Waals surface area contributed by atoms with Gasteiger partial charge in [-0.3, -0.25) is 0 Å². The molecule has 0 saturated heterocycles. The van der Waals surface area contributed by atoms with Crippen LogP contribution in [0.15, 0.2) is 22.7 Å². The van der Waals surface area contributed by atoms with Crippen LogP contribution in [-0.4, -0.2) is 6.54 Å². The minimum atomic E-state index is 0.0305. The highest BCUT2D eigenvalue weighted by atomic mass is 79.9. The molecule has 0 aliphatic heterocycles. The smallest absolute Gasteiger partial charge is 0.0666 e. The number of halogens is 2. The Morgan fingerprint density at radius 3 is 3.00 bits per heavy atom. The summed E-state index contributed by atoms with van der Waals surface area (Å²) in [6.07, 6.45) is 0. The molecule has 4 heteroatoms. The van der Waals surface area contributed by atoms with E-state index in [0.717, 1.165) is 15.1 Å². The number of hydrogen-bond donors (Lipinski definition) is 1. The molecule has 0 heterocycles. The minimum Gasteiger partial charge on any atom is -0.311 e. The number of hydrogen-bond acceptors (Lipinski definition) is 2. The van der Waals surface area contributed by atoms with E-state index in [1.807, 2.05) is 25.1 Å². The van der Waals surface area contributed by atoms with E-state index in [1.54, 1.807) is 0 Å². The number of benzene rings is 1. The van der Waals surface area contributed by atoms with Crippen molar-refractivity contribution in [2.45, 2.75) is 13.5 Å². The van der Waals surface area contributed by atoms with Gasteiger partial charge in [0.2, 0.25) is 0 Å². The molecule has 0 spiro atoms. The maximum atomic E-state index is 8.61. The van der Waals surface area contributed by atoms with Gasteiger partial charge in [-0.05, 0) is 30.7 Å². The van der Waals surface area contributed by atoms with Crippen LogP contribution in [0.3, 0.4) is 0 Å². The lowest BCUT2D eigenvalue weighted by molar-refractivity contribution is 0.601. The second-order valence-electron chi connectivity index (χ2n) is 3.40. The average Bonchev–Trinajstić information content (AvgIpc) is 2.23. The quantitative estimate of drug-likeness (QED) is 0.922. The van der Waals surface area contributed by atoms with Crippen molar-refractivity contribution in [2.24, 2.45) is 5.92 Å². The zero-order chi connectivity index (χ0) is 11.3. The molecule has 0 aliphatic carbocycles. The first-order valence-corrected chi connectivity index (χ1v) is 5.85. The van der Waals surface area contributed by atoms with Gasteiger partial charge in [-0.15, -0.1) is 0 Å². The van der Waals surface area contributed by atoms with Gasteiger partial charge in [-0.1, -0.05) is 27.5 Å². The largest absolute Gasteiger partial charge is 0.311 e. The van der Waals surface area contributed by atoms with Crippen molar-refractivity contribution in [1.29, 1.82) is 5.26 Å². The van der Waals surface area contributed by atoms with Gasteiger partial charge in [0.1, 0.15) is 0 Å². The SMILES string of the molecule is CC(C#N)CNCc1cc(Cl)ccc1Br. The number of rotatable bonds is 4. The van der Waals surface area contributed by atoms with Gasteiger partial charge < -0.3 is 5.32 Å². The zero-order valence-corrected chi connectivity index (χ0v) is 10.8. The highest BCUT2D eigenvalue weighted by Crippen LogP contribution is 2.20. The average molecular weight is 288 g/mol. The van der Waals surface area contributed by atoms with Gasteiger partial charge >= 0.3 is 0 Å². The Hall–Kier alpha value is -0.560. The summed E-state index contributed by atoms with van der Waals surface area (Å²) < 4.78 is 1.03. The van der Waals surface area contributed by atoms with Crippen LogP contribution in [0.2, 0.25) is 5.02 Å². The summed E-state index contributed by atoms with van der Waals surface area (Å²) in [5, 5.41) is 12.5. The Bertz CT molecular complexity index is 373. The molecule has 0 bridgehead atoms. The molecule has 1 atom stereocenters. The lowest BCUT2D eigenvalue weighted by atomic mass is 10.2. The molecule has 0 amide bonds. The fourth-order valence-electron chi connectivity index (χ4n) is 1.15. The fraction of sp³-hybridized carbons (Fsp3) is 0.364. The van der Waals surface area contributed by atoms with E-state index in [2.05, 4.69) is 27.3 Å². The highest BCUT2D eigenvalue weighted by Gasteiger charge is 2.02. The molecule has 1 N–H and O–H groups in total. The minimum absolute atomic E-state index is 0.0305. The van der Waals surface area contributed by atoms with Crippen molar-refractivity contribution in [1.82, 2.24) is 5.32 Å².